The van der Waals surface area contributed by atoms with Gasteiger partial charge in [-0.15, -0.1) is 0 Å². The van der Waals surface area contributed by atoms with E-state index < -0.39 is 0 Å². The van der Waals surface area contributed by atoms with Crippen molar-refractivity contribution in [1.29, 1.82) is 0 Å². The van der Waals surface area contributed by atoms with Crippen LogP contribution in [0.1, 0.15) is 35.2 Å². The number of aliphatic hydroxyl groups excluding tert-OH is 2. The number of rotatable bonds is 6. The molecule has 1 fully saturated rings. The second-order valence-corrected chi connectivity index (χ2v) is 6.55. The molecule has 23 heavy (non-hydrogen) atoms. The van der Waals surface area contributed by atoms with E-state index >= 15 is 0 Å². The summed E-state index contributed by atoms with van der Waals surface area (Å²) in [5, 5.41) is 18.2. The first kappa shape index (κ1) is 17.9. The predicted octanol–water partition coefficient (Wildman–Crippen LogP) is 1.34. The average molecular weight is 320 g/mol. The Hall–Kier alpha value is -1.43. The van der Waals surface area contributed by atoms with Crippen molar-refractivity contribution < 1.29 is 15.0 Å². The SMILES string of the molecule is CN(C)[C@H]1CCN(C(=O)c2ccc(CO)cc2)C[C@H]1CCCO. The lowest BCUT2D eigenvalue weighted by atomic mass is 9.87. The Bertz CT molecular complexity index is 501. The third-order valence-electron chi connectivity index (χ3n) is 4.76. The molecule has 1 aromatic rings. The van der Waals surface area contributed by atoms with Crippen LogP contribution in [-0.4, -0.2) is 65.8 Å². The van der Waals surface area contributed by atoms with Crippen LogP contribution in [-0.2, 0) is 6.61 Å². The maximum absolute atomic E-state index is 12.7. The molecule has 1 heterocycles. The first-order chi connectivity index (χ1) is 11.1. The number of hydrogen-bond acceptors (Lipinski definition) is 4. The van der Waals surface area contributed by atoms with Crippen LogP contribution in [0.5, 0.6) is 0 Å². The monoisotopic (exact) mass is 320 g/mol. The van der Waals surface area contributed by atoms with Crippen molar-refractivity contribution in [3.63, 3.8) is 0 Å². The molecular formula is C18H28N2O3. The molecule has 0 spiro atoms. The van der Waals surface area contributed by atoms with Gasteiger partial charge in [-0.25, -0.2) is 0 Å². The zero-order valence-electron chi connectivity index (χ0n) is 14.1. The van der Waals surface area contributed by atoms with Gasteiger partial charge in [0, 0.05) is 31.3 Å². The first-order valence-electron chi connectivity index (χ1n) is 8.33. The molecule has 5 nitrogen and oxygen atoms in total. The lowest BCUT2D eigenvalue weighted by molar-refractivity contribution is 0.0495. The predicted molar refractivity (Wildman–Crippen MR) is 90.2 cm³/mol. The van der Waals surface area contributed by atoms with Gasteiger partial charge in [-0.2, -0.15) is 0 Å². The Morgan fingerprint density at radius 3 is 2.52 bits per heavy atom. The number of hydrogen-bond donors (Lipinski definition) is 2. The third-order valence-corrected chi connectivity index (χ3v) is 4.76. The molecule has 2 atom stereocenters. The van der Waals surface area contributed by atoms with E-state index in [-0.39, 0.29) is 19.1 Å². The Balaban J connectivity index is 2.05. The van der Waals surface area contributed by atoms with E-state index in [1.807, 2.05) is 4.90 Å². The van der Waals surface area contributed by atoms with E-state index in [0.717, 1.165) is 37.9 Å². The van der Waals surface area contributed by atoms with Gasteiger partial charge in [0.1, 0.15) is 0 Å². The van der Waals surface area contributed by atoms with Crippen molar-refractivity contribution in [2.45, 2.75) is 31.9 Å². The minimum Gasteiger partial charge on any atom is -0.396 e. The van der Waals surface area contributed by atoms with Crippen LogP contribution in [0.15, 0.2) is 24.3 Å². The maximum atomic E-state index is 12.7. The van der Waals surface area contributed by atoms with E-state index in [2.05, 4.69) is 19.0 Å². The van der Waals surface area contributed by atoms with Gasteiger partial charge in [0.15, 0.2) is 0 Å². The summed E-state index contributed by atoms with van der Waals surface area (Å²) in [5.41, 5.74) is 1.49. The molecule has 2 N–H and O–H groups in total. The third kappa shape index (κ3) is 4.53. The maximum Gasteiger partial charge on any atom is 0.253 e. The highest BCUT2D eigenvalue weighted by Gasteiger charge is 2.32. The van der Waals surface area contributed by atoms with Gasteiger partial charge in [0.2, 0.25) is 0 Å². The van der Waals surface area contributed by atoms with Gasteiger partial charge in [-0.05, 0) is 57.0 Å². The van der Waals surface area contributed by atoms with Crippen molar-refractivity contribution in [3.8, 4) is 0 Å². The number of carbonyl (C=O) groups is 1. The molecule has 1 amide bonds. The summed E-state index contributed by atoms with van der Waals surface area (Å²) in [4.78, 5) is 16.9. The van der Waals surface area contributed by atoms with Gasteiger partial charge in [0.25, 0.3) is 5.91 Å². The highest BCUT2D eigenvalue weighted by molar-refractivity contribution is 5.94. The van der Waals surface area contributed by atoms with Gasteiger partial charge >= 0.3 is 0 Å². The van der Waals surface area contributed by atoms with Crippen molar-refractivity contribution in [1.82, 2.24) is 9.80 Å². The zero-order chi connectivity index (χ0) is 16.8. The molecular weight excluding hydrogens is 292 g/mol. The number of aliphatic hydroxyl groups is 2. The average Bonchev–Trinajstić information content (AvgIpc) is 2.59. The second kappa shape index (κ2) is 8.43. The van der Waals surface area contributed by atoms with Crippen molar-refractivity contribution in [2.24, 2.45) is 5.92 Å². The molecule has 0 aliphatic carbocycles. The lowest BCUT2D eigenvalue weighted by Crippen LogP contribution is -2.50. The number of nitrogens with zero attached hydrogens (tertiary/aromatic N) is 2. The Morgan fingerprint density at radius 2 is 1.96 bits per heavy atom. The standard InChI is InChI=1S/C18H28N2O3/c1-19(2)17-9-10-20(12-16(17)4-3-11-21)18(23)15-7-5-14(13-22)6-8-15/h5-8,16-17,21-22H,3-4,9-13H2,1-2H3/t16-,17+/m1/s1. The molecule has 1 saturated heterocycles. The van der Waals surface area contributed by atoms with Crippen LogP contribution in [0.2, 0.25) is 0 Å². The van der Waals surface area contributed by atoms with E-state index in [9.17, 15) is 4.79 Å². The summed E-state index contributed by atoms with van der Waals surface area (Å²) in [6.45, 7) is 1.70. The zero-order valence-corrected chi connectivity index (χ0v) is 14.1. The Labute approximate surface area is 138 Å². The van der Waals surface area contributed by atoms with E-state index in [0.29, 0.717) is 17.5 Å². The minimum absolute atomic E-state index is 0.00800. The van der Waals surface area contributed by atoms with Gasteiger partial charge in [-0.1, -0.05) is 12.1 Å². The molecule has 0 bridgehead atoms. The first-order valence-corrected chi connectivity index (χ1v) is 8.33. The van der Waals surface area contributed by atoms with Crippen LogP contribution in [0.4, 0.5) is 0 Å². The Kier molecular flexibility index (Phi) is 6.57. The summed E-state index contributed by atoms with van der Waals surface area (Å²) in [6, 6.07) is 7.62. The molecule has 1 aromatic carbocycles. The van der Waals surface area contributed by atoms with Gasteiger partial charge in [0.05, 0.1) is 6.61 Å². The van der Waals surface area contributed by atoms with Crippen molar-refractivity contribution in [3.05, 3.63) is 35.4 Å². The molecule has 0 aromatic heterocycles. The molecule has 1 aliphatic heterocycles. The van der Waals surface area contributed by atoms with E-state index in [1.165, 1.54) is 0 Å². The number of amides is 1. The topological polar surface area (TPSA) is 64.0 Å². The van der Waals surface area contributed by atoms with Crippen LogP contribution in [0.25, 0.3) is 0 Å². The molecule has 128 valence electrons. The smallest absolute Gasteiger partial charge is 0.253 e. The van der Waals surface area contributed by atoms with Crippen LogP contribution in [0.3, 0.4) is 0 Å². The molecule has 5 heteroatoms. The quantitative estimate of drug-likeness (QED) is 0.830. The summed E-state index contributed by atoms with van der Waals surface area (Å²) in [6.07, 6.45) is 2.68. The second-order valence-electron chi connectivity index (χ2n) is 6.55. The van der Waals surface area contributed by atoms with Gasteiger partial charge in [-0.3, -0.25) is 4.79 Å². The summed E-state index contributed by atoms with van der Waals surface area (Å²) in [5.74, 6) is 0.451. The van der Waals surface area contributed by atoms with Crippen molar-refractivity contribution in [2.75, 3.05) is 33.8 Å². The summed E-state index contributed by atoms with van der Waals surface area (Å²) in [7, 11) is 4.17. The largest absolute Gasteiger partial charge is 0.396 e. The van der Waals surface area contributed by atoms with Crippen LogP contribution >= 0.6 is 0 Å². The fraction of sp³-hybridized carbons (Fsp3) is 0.611. The number of likely N-dealkylation sites (tertiary alicyclic amines) is 1. The molecule has 1 aliphatic rings. The molecule has 0 radical (unpaired) electrons. The molecule has 0 saturated carbocycles. The lowest BCUT2D eigenvalue weighted by Gasteiger charge is -2.41. The minimum atomic E-state index is -0.00800. The van der Waals surface area contributed by atoms with Gasteiger partial charge < -0.3 is 20.0 Å². The van der Waals surface area contributed by atoms with Crippen LogP contribution < -0.4 is 0 Å². The fourth-order valence-corrected chi connectivity index (χ4v) is 3.46. The summed E-state index contributed by atoms with van der Waals surface area (Å²) < 4.78 is 0. The number of carbonyl (C=O) groups excluding carboxylic acids is 1. The van der Waals surface area contributed by atoms with E-state index in [1.54, 1.807) is 24.3 Å². The van der Waals surface area contributed by atoms with Crippen LogP contribution in [0, 0.1) is 5.92 Å². The normalized spacial score (nSPS) is 21.7. The fourth-order valence-electron chi connectivity index (χ4n) is 3.46. The van der Waals surface area contributed by atoms with E-state index in [4.69, 9.17) is 10.2 Å². The Morgan fingerprint density at radius 1 is 1.26 bits per heavy atom. The summed E-state index contributed by atoms with van der Waals surface area (Å²) >= 11 is 0. The number of benzene rings is 1. The highest BCUT2D eigenvalue weighted by atomic mass is 16.3. The van der Waals surface area contributed by atoms with Crippen molar-refractivity contribution >= 4 is 5.91 Å². The molecule has 0 unspecified atom stereocenters. The number of piperidine rings is 1. The molecule has 2 rings (SSSR count). The highest BCUT2D eigenvalue weighted by Crippen LogP contribution is 2.26.